The fraction of sp³-hybridized carbons (Fsp3) is 0.250. The van der Waals surface area contributed by atoms with E-state index in [2.05, 4.69) is 0 Å². The van der Waals surface area contributed by atoms with Crippen LogP contribution in [0.15, 0.2) is 42.5 Å². The number of halogens is 4. The maximum Gasteiger partial charge on any atom is 0.416 e. The number of hydrogen-bond acceptors (Lipinski definition) is 1. The van der Waals surface area contributed by atoms with Gasteiger partial charge in [-0.25, -0.2) is 0 Å². The highest BCUT2D eigenvalue weighted by atomic mass is 35.5. The van der Waals surface area contributed by atoms with Crippen LogP contribution >= 0.6 is 11.6 Å². The second-order valence-corrected chi connectivity index (χ2v) is 5.51. The van der Waals surface area contributed by atoms with Gasteiger partial charge in [0.25, 0.3) is 0 Å². The van der Waals surface area contributed by atoms with Gasteiger partial charge in [0.05, 0.1) is 5.56 Å². The highest BCUT2D eigenvalue weighted by Gasteiger charge is 2.30. The lowest BCUT2D eigenvalue weighted by Crippen LogP contribution is -2.14. The van der Waals surface area contributed by atoms with Crippen LogP contribution in [0.25, 0.3) is 0 Å². The van der Waals surface area contributed by atoms with Crippen LogP contribution in [0, 0.1) is 6.92 Å². The Hall–Kier alpha value is -1.52. The fourth-order valence-corrected chi connectivity index (χ4v) is 2.52. The molecule has 2 aromatic carbocycles. The van der Waals surface area contributed by atoms with Crippen molar-refractivity contribution in [2.45, 2.75) is 25.6 Å². The summed E-state index contributed by atoms with van der Waals surface area (Å²) < 4.78 is 38.1. The molecular formula is C16H15ClF3N. The zero-order chi connectivity index (χ0) is 15.6. The Morgan fingerprint density at radius 1 is 1.14 bits per heavy atom. The molecule has 0 heterocycles. The van der Waals surface area contributed by atoms with Gasteiger partial charge in [-0.2, -0.15) is 13.2 Å². The quantitative estimate of drug-likeness (QED) is 0.856. The molecule has 0 saturated heterocycles. The van der Waals surface area contributed by atoms with E-state index in [9.17, 15) is 13.2 Å². The van der Waals surface area contributed by atoms with Crippen LogP contribution in [-0.2, 0) is 12.6 Å². The lowest BCUT2D eigenvalue weighted by atomic mass is 9.97. The van der Waals surface area contributed by atoms with Crippen molar-refractivity contribution in [3.8, 4) is 0 Å². The summed E-state index contributed by atoms with van der Waals surface area (Å²) >= 11 is 5.98. The first-order valence-electron chi connectivity index (χ1n) is 6.44. The van der Waals surface area contributed by atoms with E-state index in [-0.39, 0.29) is 0 Å². The molecule has 112 valence electrons. The van der Waals surface area contributed by atoms with Gasteiger partial charge in [0.2, 0.25) is 0 Å². The number of aryl methyl sites for hydroxylation is 1. The van der Waals surface area contributed by atoms with Crippen LogP contribution in [-0.4, -0.2) is 0 Å². The zero-order valence-corrected chi connectivity index (χ0v) is 12.2. The summed E-state index contributed by atoms with van der Waals surface area (Å²) in [6.45, 7) is 1.90. The molecule has 1 unspecified atom stereocenters. The highest BCUT2D eigenvalue weighted by Crippen LogP contribution is 2.30. The minimum Gasteiger partial charge on any atom is -0.324 e. The van der Waals surface area contributed by atoms with Crippen LogP contribution < -0.4 is 5.73 Å². The largest absolute Gasteiger partial charge is 0.416 e. The predicted octanol–water partition coefficient (Wildman–Crippen LogP) is 4.91. The van der Waals surface area contributed by atoms with Gasteiger partial charge >= 0.3 is 6.18 Å². The lowest BCUT2D eigenvalue weighted by molar-refractivity contribution is -0.137. The summed E-state index contributed by atoms with van der Waals surface area (Å²) in [5.41, 5.74) is 7.76. The first-order chi connectivity index (χ1) is 9.75. The van der Waals surface area contributed by atoms with E-state index in [1.54, 1.807) is 12.1 Å². The Balaban J connectivity index is 2.21. The van der Waals surface area contributed by atoms with Gasteiger partial charge in [0.1, 0.15) is 0 Å². The molecule has 21 heavy (non-hydrogen) atoms. The smallest absolute Gasteiger partial charge is 0.324 e. The van der Waals surface area contributed by atoms with Gasteiger partial charge in [-0.15, -0.1) is 0 Å². The summed E-state index contributed by atoms with van der Waals surface area (Å²) in [6.07, 6.45) is -4.02. The number of alkyl halides is 3. The Labute approximate surface area is 126 Å². The lowest BCUT2D eigenvalue weighted by Gasteiger charge is -2.15. The third-order valence-corrected chi connectivity index (χ3v) is 3.42. The summed E-state index contributed by atoms with van der Waals surface area (Å²) in [5.74, 6) is 0. The second-order valence-electron chi connectivity index (χ2n) is 5.07. The average molecular weight is 314 g/mol. The second kappa shape index (κ2) is 6.08. The molecule has 2 rings (SSSR count). The third kappa shape index (κ3) is 4.22. The molecule has 0 amide bonds. The fourth-order valence-electron chi connectivity index (χ4n) is 2.23. The maximum absolute atomic E-state index is 12.7. The average Bonchev–Trinajstić information content (AvgIpc) is 2.37. The molecule has 1 atom stereocenters. The maximum atomic E-state index is 12.7. The van der Waals surface area contributed by atoms with Gasteiger partial charge < -0.3 is 5.73 Å². The number of hydrogen-bond donors (Lipinski definition) is 1. The van der Waals surface area contributed by atoms with E-state index < -0.39 is 17.8 Å². The minimum atomic E-state index is -4.34. The van der Waals surface area contributed by atoms with Crippen LogP contribution in [0.2, 0.25) is 5.02 Å². The molecule has 0 bridgehead atoms. The molecule has 0 aliphatic heterocycles. The van der Waals surface area contributed by atoms with E-state index in [0.717, 1.165) is 23.3 Å². The van der Waals surface area contributed by atoms with Gasteiger partial charge in [-0.1, -0.05) is 35.9 Å². The van der Waals surface area contributed by atoms with Crippen molar-refractivity contribution >= 4 is 11.6 Å². The van der Waals surface area contributed by atoms with Gasteiger partial charge in [0, 0.05) is 11.1 Å². The summed E-state index contributed by atoms with van der Waals surface area (Å²) in [6, 6.07) is 10.3. The van der Waals surface area contributed by atoms with E-state index in [0.29, 0.717) is 17.0 Å². The Bertz CT molecular complexity index is 617. The molecule has 0 aliphatic rings. The Morgan fingerprint density at radius 3 is 2.48 bits per heavy atom. The van der Waals surface area contributed by atoms with Crippen molar-refractivity contribution < 1.29 is 13.2 Å². The molecule has 2 N–H and O–H groups in total. The molecular weight excluding hydrogens is 299 g/mol. The summed E-state index contributed by atoms with van der Waals surface area (Å²) in [7, 11) is 0. The van der Waals surface area contributed by atoms with Crippen molar-refractivity contribution in [1.82, 2.24) is 0 Å². The van der Waals surface area contributed by atoms with Crippen molar-refractivity contribution in [3.05, 3.63) is 69.7 Å². The standard InChI is InChI=1S/C16H15ClF3N/c1-10-5-12(9-14(17)6-10)15(21)8-11-3-2-4-13(7-11)16(18,19)20/h2-7,9,15H,8,21H2,1H3. The summed E-state index contributed by atoms with van der Waals surface area (Å²) in [5, 5.41) is 0.574. The normalized spacial score (nSPS) is 13.2. The van der Waals surface area contributed by atoms with Gasteiger partial charge in [0.15, 0.2) is 0 Å². The van der Waals surface area contributed by atoms with Crippen LogP contribution in [0.1, 0.15) is 28.3 Å². The van der Waals surface area contributed by atoms with E-state index >= 15 is 0 Å². The number of nitrogens with two attached hydrogens (primary N) is 1. The predicted molar refractivity (Wildman–Crippen MR) is 78.3 cm³/mol. The number of rotatable bonds is 3. The zero-order valence-electron chi connectivity index (χ0n) is 11.4. The molecule has 0 radical (unpaired) electrons. The van der Waals surface area contributed by atoms with E-state index in [1.165, 1.54) is 6.07 Å². The molecule has 5 heteroatoms. The van der Waals surface area contributed by atoms with Crippen molar-refractivity contribution in [2.75, 3.05) is 0 Å². The summed E-state index contributed by atoms with van der Waals surface area (Å²) in [4.78, 5) is 0. The van der Waals surface area contributed by atoms with Gasteiger partial charge in [-0.3, -0.25) is 0 Å². The van der Waals surface area contributed by atoms with Crippen molar-refractivity contribution in [1.29, 1.82) is 0 Å². The molecule has 1 nitrogen and oxygen atoms in total. The molecule has 0 saturated carbocycles. The molecule has 0 aromatic heterocycles. The minimum absolute atomic E-state index is 0.323. The van der Waals surface area contributed by atoms with E-state index in [4.69, 9.17) is 17.3 Å². The third-order valence-electron chi connectivity index (χ3n) is 3.20. The molecule has 0 fully saturated rings. The Kier molecular flexibility index (Phi) is 4.59. The highest BCUT2D eigenvalue weighted by molar-refractivity contribution is 6.30. The monoisotopic (exact) mass is 313 g/mol. The van der Waals surface area contributed by atoms with Crippen molar-refractivity contribution in [3.63, 3.8) is 0 Å². The topological polar surface area (TPSA) is 26.0 Å². The first kappa shape index (κ1) is 15.9. The molecule has 0 spiro atoms. The molecule has 0 aliphatic carbocycles. The van der Waals surface area contributed by atoms with Crippen LogP contribution in [0.5, 0.6) is 0 Å². The number of benzene rings is 2. The first-order valence-corrected chi connectivity index (χ1v) is 6.82. The van der Waals surface area contributed by atoms with Crippen LogP contribution in [0.3, 0.4) is 0 Å². The Morgan fingerprint density at radius 2 is 1.86 bits per heavy atom. The van der Waals surface area contributed by atoms with Crippen LogP contribution in [0.4, 0.5) is 13.2 Å². The van der Waals surface area contributed by atoms with Crippen molar-refractivity contribution in [2.24, 2.45) is 5.73 Å². The SMILES string of the molecule is Cc1cc(Cl)cc(C(N)Cc2cccc(C(F)(F)F)c2)c1. The van der Waals surface area contributed by atoms with Gasteiger partial charge in [-0.05, 0) is 48.2 Å². The van der Waals surface area contributed by atoms with E-state index in [1.807, 2.05) is 19.1 Å². The molecule has 2 aromatic rings.